The highest BCUT2D eigenvalue weighted by molar-refractivity contribution is 5.57. The summed E-state index contributed by atoms with van der Waals surface area (Å²) in [6, 6.07) is 6.54. The van der Waals surface area contributed by atoms with Crippen LogP contribution in [-0.4, -0.2) is 27.5 Å². The third kappa shape index (κ3) is 2.50. The smallest absolute Gasteiger partial charge is 0.163 e. The van der Waals surface area contributed by atoms with Crippen LogP contribution in [0.15, 0.2) is 30.6 Å². The molecular formula is C16H20N4. The number of pyridine rings is 1. The van der Waals surface area contributed by atoms with E-state index in [4.69, 9.17) is 4.98 Å². The van der Waals surface area contributed by atoms with Gasteiger partial charge in [0.05, 0.1) is 0 Å². The standard InChI is InChI=1S/C16H20N4/c1-11-7-13(3)20(10-11)15-8-12(2)18-16(19-15)14-5-4-6-17-9-14/h4-6,8-9,11,13H,7,10H2,1-3H3/t11-,13-/m0/s1. The maximum absolute atomic E-state index is 4.75. The van der Waals surface area contributed by atoms with Crippen molar-refractivity contribution in [1.29, 1.82) is 0 Å². The molecule has 3 heterocycles. The van der Waals surface area contributed by atoms with Crippen molar-refractivity contribution in [3.63, 3.8) is 0 Å². The molecule has 2 atom stereocenters. The zero-order chi connectivity index (χ0) is 14.1. The molecule has 3 rings (SSSR count). The van der Waals surface area contributed by atoms with Crippen molar-refractivity contribution in [2.45, 2.75) is 33.2 Å². The molecule has 2 aromatic heterocycles. The van der Waals surface area contributed by atoms with E-state index in [1.165, 1.54) is 6.42 Å². The zero-order valence-electron chi connectivity index (χ0n) is 12.2. The molecule has 1 saturated heterocycles. The lowest BCUT2D eigenvalue weighted by Crippen LogP contribution is -2.27. The van der Waals surface area contributed by atoms with Crippen molar-refractivity contribution in [2.75, 3.05) is 11.4 Å². The van der Waals surface area contributed by atoms with Gasteiger partial charge in [-0.3, -0.25) is 4.98 Å². The van der Waals surface area contributed by atoms with Crippen molar-refractivity contribution in [2.24, 2.45) is 5.92 Å². The Labute approximate surface area is 119 Å². The van der Waals surface area contributed by atoms with E-state index in [-0.39, 0.29) is 0 Å². The molecule has 0 aliphatic carbocycles. The fourth-order valence-electron chi connectivity index (χ4n) is 2.94. The first-order valence-corrected chi connectivity index (χ1v) is 7.16. The number of aryl methyl sites for hydroxylation is 1. The summed E-state index contributed by atoms with van der Waals surface area (Å²) in [5.41, 5.74) is 1.97. The second-order valence-electron chi connectivity index (χ2n) is 5.78. The molecule has 104 valence electrons. The minimum Gasteiger partial charge on any atom is -0.354 e. The van der Waals surface area contributed by atoms with Crippen molar-refractivity contribution >= 4 is 5.82 Å². The van der Waals surface area contributed by atoms with Crippen LogP contribution in [-0.2, 0) is 0 Å². The van der Waals surface area contributed by atoms with Crippen LogP contribution in [0.1, 0.15) is 26.0 Å². The van der Waals surface area contributed by atoms with Gasteiger partial charge in [0.25, 0.3) is 0 Å². The molecule has 0 N–H and O–H groups in total. The first kappa shape index (κ1) is 13.0. The van der Waals surface area contributed by atoms with Gasteiger partial charge >= 0.3 is 0 Å². The lowest BCUT2D eigenvalue weighted by molar-refractivity contribution is 0.625. The number of aromatic nitrogens is 3. The quantitative estimate of drug-likeness (QED) is 0.839. The van der Waals surface area contributed by atoms with Gasteiger partial charge in [0.2, 0.25) is 0 Å². The van der Waals surface area contributed by atoms with Gasteiger partial charge in [-0.2, -0.15) is 0 Å². The lowest BCUT2D eigenvalue weighted by atomic mass is 10.1. The average Bonchev–Trinajstić information content (AvgIpc) is 2.78. The molecule has 2 aromatic rings. The van der Waals surface area contributed by atoms with E-state index in [1.54, 1.807) is 6.20 Å². The van der Waals surface area contributed by atoms with Crippen molar-refractivity contribution in [3.05, 3.63) is 36.3 Å². The minimum absolute atomic E-state index is 0.543. The zero-order valence-corrected chi connectivity index (χ0v) is 12.2. The van der Waals surface area contributed by atoms with Gasteiger partial charge in [0, 0.05) is 42.3 Å². The molecule has 0 bridgehead atoms. The maximum atomic E-state index is 4.75. The topological polar surface area (TPSA) is 41.9 Å². The number of nitrogens with zero attached hydrogens (tertiary/aromatic N) is 4. The molecule has 0 saturated carbocycles. The van der Waals surface area contributed by atoms with Crippen LogP contribution in [0.5, 0.6) is 0 Å². The Balaban J connectivity index is 1.99. The van der Waals surface area contributed by atoms with Crippen molar-refractivity contribution in [3.8, 4) is 11.4 Å². The molecule has 0 radical (unpaired) electrons. The summed E-state index contributed by atoms with van der Waals surface area (Å²) in [6.07, 6.45) is 4.81. The summed E-state index contributed by atoms with van der Waals surface area (Å²) in [4.78, 5) is 15.8. The Kier molecular flexibility index (Phi) is 3.38. The van der Waals surface area contributed by atoms with Crippen LogP contribution in [0, 0.1) is 12.8 Å². The van der Waals surface area contributed by atoms with Gasteiger partial charge in [-0.05, 0) is 38.3 Å². The molecule has 20 heavy (non-hydrogen) atoms. The molecule has 0 spiro atoms. The largest absolute Gasteiger partial charge is 0.354 e. The van der Waals surface area contributed by atoms with Crippen LogP contribution in [0.2, 0.25) is 0 Å². The number of anilines is 1. The second-order valence-corrected chi connectivity index (χ2v) is 5.78. The van der Waals surface area contributed by atoms with Crippen LogP contribution < -0.4 is 4.90 Å². The number of hydrogen-bond acceptors (Lipinski definition) is 4. The Hall–Kier alpha value is -1.97. The van der Waals surface area contributed by atoms with Crippen LogP contribution in [0.4, 0.5) is 5.82 Å². The van der Waals surface area contributed by atoms with E-state index < -0.39 is 0 Å². The van der Waals surface area contributed by atoms with Gasteiger partial charge in [-0.25, -0.2) is 9.97 Å². The Bertz CT molecular complexity index is 597. The van der Waals surface area contributed by atoms with Crippen molar-refractivity contribution in [1.82, 2.24) is 15.0 Å². The molecule has 0 unspecified atom stereocenters. The maximum Gasteiger partial charge on any atom is 0.163 e. The summed E-state index contributed by atoms with van der Waals surface area (Å²) in [7, 11) is 0. The highest BCUT2D eigenvalue weighted by Crippen LogP contribution is 2.28. The van der Waals surface area contributed by atoms with Crippen LogP contribution in [0.25, 0.3) is 11.4 Å². The normalized spacial score (nSPS) is 22.2. The van der Waals surface area contributed by atoms with E-state index in [0.29, 0.717) is 6.04 Å². The Morgan fingerprint density at radius 2 is 2.10 bits per heavy atom. The predicted octanol–water partition coefficient (Wildman–Crippen LogP) is 3.08. The highest BCUT2D eigenvalue weighted by atomic mass is 15.2. The first-order chi connectivity index (χ1) is 9.63. The third-order valence-electron chi connectivity index (χ3n) is 3.84. The molecule has 0 amide bonds. The van der Waals surface area contributed by atoms with Gasteiger partial charge in [0.15, 0.2) is 5.82 Å². The van der Waals surface area contributed by atoms with E-state index in [2.05, 4.69) is 34.8 Å². The third-order valence-corrected chi connectivity index (χ3v) is 3.84. The van der Waals surface area contributed by atoms with E-state index in [1.807, 2.05) is 25.3 Å². The van der Waals surface area contributed by atoms with Gasteiger partial charge in [0.1, 0.15) is 5.82 Å². The first-order valence-electron chi connectivity index (χ1n) is 7.16. The van der Waals surface area contributed by atoms with E-state index >= 15 is 0 Å². The van der Waals surface area contributed by atoms with Crippen molar-refractivity contribution < 1.29 is 0 Å². The molecule has 1 aliphatic heterocycles. The second kappa shape index (κ2) is 5.19. The Morgan fingerprint density at radius 1 is 1.25 bits per heavy atom. The summed E-state index contributed by atoms with van der Waals surface area (Å²) < 4.78 is 0. The average molecular weight is 268 g/mol. The fraction of sp³-hybridized carbons (Fsp3) is 0.438. The summed E-state index contributed by atoms with van der Waals surface area (Å²) in [5, 5.41) is 0. The van der Waals surface area contributed by atoms with E-state index in [0.717, 1.165) is 35.4 Å². The van der Waals surface area contributed by atoms with Gasteiger partial charge in [-0.15, -0.1) is 0 Å². The molecule has 0 aromatic carbocycles. The Morgan fingerprint density at radius 3 is 2.75 bits per heavy atom. The predicted molar refractivity (Wildman–Crippen MR) is 80.6 cm³/mol. The SMILES string of the molecule is Cc1cc(N2C[C@@H](C)C[C@@H]2C)nc(-c2cccnc2)n1. The van der Waals surface area contributed by atoms with Crippen LogP contribution >= 0.6 is 0 Å². The summed E-state index contributed by atoms with van der Waals surface area (Å²) in [5.74, 6) is 2.52. The fourth-order valence-corrected chi connectivity index (χ4v) is 2.94. The lowest BCUT2D eigenvalue weighted by Gasteiger charge is -2.23. The summed E-state index contributed by atoms with van der Waals surface area (Å²) >= 11 is 0. The molecule has 1 fully saturated rings. The summed E-state index contributed by atoms with van der Waals surface area (Å²) in [6.45, 7) is 7.66. The van der Waals surface area contributed by atoms with Gasteiger partial charge in [-0.1, -0.05) is 6.92 Å². The molecule has 1 aliphatic rings. The molecular weight excluding hydrogens is 248 g/mol. The molecule has 4 nitrogen and oxygen atoms in total. The van der Waals surface area contributed by atoms with E-state index in [9.17, 15) is 0 Å². The number of hydrogen-bond donors (Lipinski definition) is 0. The van der Waals surface area contributed by atoms with Crippen LogP contribution in [0.3, 0.4) is 0 Å². The monoisotopic (exact) mass is 268 g/mol. The molecule has 4 heteroatoms. The minimum atomic E-state index is 0.543. The number of rotatable bonds is 2. The highest BCUT2D eigenvalue weighted by Gasteiger charge is 2.27. The van der Waals surface area contributed by atoms with Gasteiger partial charge < -0.3 is 4.90 Å².